The third-order valence-electron chi connectivity index (χ3n) is 10.9. The zero-order valence-electron chi connectivity index (χ0n) is 31.3. The van der Waals surface area contributed by atoms with E-state index in [1.165, 1.54) is 0 Å². The van der Waals surface area contributed by atoms with Crippen molar-refractivity contribution in [3.63, 3.8) is 0 Å². The second-order valence-corrected chi connectivity index (χ2v) is 14.3. The molecule has 1 aliphatic rings. The Labute approximate surface area is 337 Å². The lowest BCUT2D eigenvalue weighted by atomic mass is 9.63. The number of para-hydroxylation sites is 2. The first-order chi connectivity index (χ1) is 28.7. The molecule has 0 unspecified atom stereocenters. The molecule has 0 aliphatic carbocycles. The zero-order chi connectivity index (χ0) is 38.9. The average Bonchev–Trinajstić information content (AvgIpc) is 3.31. The standard InChI is InChI=1S/C53H34N4O/c1-54-44-32-30-37(31-33-44)50-55-51(40-20-13-18-38(34-40)36-16-5-2-6-17-36)57-52(56-50)41-21-14-19-39(35-41)45-26-15-28-47-49(45)58-48-29-12-11-27-46(48)53(47,42-22-7-3-8-23-42)43-24-9-4-10-25-43/h2-35H. The van der Waals surface area contributed by atoms with Gasteiger partial charge in [-0.1, -0.05) is 188 Å². The van der Waals surface area contributed by atoms with Gasteiger partial charge in [-0.2, -0.15) is 0 Å². The van der Waals surface area contributed by atoms with Crippen LogP contribution >= 0.6 is 0 Å². The quantitative estimate of drug-likeness (QED) is 0.153. The topological polar surface area (TPSA) is 52.3 Å². The first-order valence-corrected chi connectivity index (χ1v) is 19.2. The SMILES string of the molecule is [C-]#[N+]c1ccc(-c2nc(-c3cccc(-c4ccccc4)c3)nc(-c3cccc(-c4cccc5c4Oc4ccccc4C5(c4ccccc4)c4ccccc4)c3)n2)cc1. The van der Waals surface area contributed by atoms with Gasteiger partial charge < -0.3 is 4.74 Å². The summed E-state index contributed by atoms with van der Waals surface area (Å²) in [7, 11) is 0. The fourth-order valence-corrected chi connectivity index (χ4v) is 8.20. The van der Waals surface area contributed by atoms with E-state index in [9.17, 15) is 0 Å². The molecular weight excluding hydrogens is 709 g/mol. The van der Waals surface area contributed by atoms with Crippen LogP contribution in [0.15, 0.2) is 206 Å². The first-order valence-electron chi connectivity index (χ1n) is 19.2. The van der Waals surface area contributed by atoms with Crippen LogP contribution in [0.1, 0.15) is 22.3 Å². The van der Waals surface area contributed by atoms with Gasteiger partial charge in [0, 0.05) is 33.4 Å². The Morgan fingerprint density at radius 2 is 0.879 bits per heavy atom. The van der Waals surface area contributed by atoms with Gasteiger partial charge in [0.25, 0.3) is 0 Å². The van der Waals surface area contributed by atoms with Crippen molar-refractivity contribution in [2.45, 2.75) is 5.41 Å². The maximum absolute atomic E-state index is 7.47. The van der Waals surface area contributed by atoms with E-state index in [1.54, 1.807) is 12.1 Å². The Hall–Kier alpha value is -7.94. The fourth-order valence-electron chi connectivity index (χ4n) is 8.20. The smallest absolute Gasteiger partial charge is 0.187 e. The molecule has 272 valence electrons. The van der Waals surface area contributed by atoms with Gasteiger partial charge in [-0.25, -0.2) is 19.8 Å². The van der Waals surface area contributed by atoms with E-state index in [4.69, 9.17) is 26.3 Å². The molecule has 0 fully saturated rings. The largest absolute Gasteiger partial charge is 0.456 e. The third-order valence-corrected chi connectivity index (χ3v) is 10.9. The van der Waals surface area contributed by atoms with Gasteiger partial charge in [0.1, 0.15) is 11.5 Å². The molecule has 0 atom stereocenters. The summed E-state index contributed by atoms with van der Waals surface area (Å²) < 4.78 is 6.97. The van der Waals surface area contributed by atoms with E-state index >= 15 is 0 Å². The Kier molecular flexibility index (Phi) is 8.70. The predicted molar refractivity (Wildman–Crippen MR) is 232 cm³/mol. The maximum atomic E-state index is 7.47. The Bertz CT molecular complexity index is 2940. The summed E-state index contributed by atoms with van der Waals surface area (Å²) in [5.41, 5.74) is 11.0. The number of ether oxygens (including phenoxy) is 1. The summed E-state index contributed by atoms with van der Waals surface area (Å²) in [6.45, 7) is 7.47. The van der Waals surface area contributed by atoms with Crippen LogP contribution in [0.5, 0.6) is 11.5 Å². The van der Waals surface area contributed by atoms with Gasteiger partial charge in [0.2, 0.25) is 0 Å². The van der Waals surface area contributed by atoms with Crippen LogP contribution in [0.2, 0.25) is 0 Å². The minimum atomic E-state index is -0.630. The van der Waals surface area contributed by atoms with Crippen LogP contribution in [-0.2, 0) is 5.41 Å². The molecule has 0 spiro atoms. The van der Waals surface area contributed by atoms with Crippen LogP contribution in [-0.4, -0.2) is 15.0 Å². The van der Waals surface area contributed by atoms with Gasteiger partial charge in [-0.3, -0.25) is 0 Å². The van der Waals surface area contributed by atoms with E-state index in [0.29, 0.717) is 23.2 Å². The molecule has 0 radical (unpaired) electrons. The van der Waals surface area contributed by atoms with Crippen molar-refractivity contribution in [2.75, 3.05) is 0 Å². The number of benzene rings is 8. The Morgan fingerprint density at radius 3 is 1.52 bits per heavy atom. The maximum Gasteiger partial charge on any atom is 0.187 e. The van der Waals surface area contributed by atoms with Gasteiger partial charge in [-0.15, -0.1) is 0 Å². The van der Waals surface area contributed by atoms with Crippen molar-refractivity contribution < 1.29 is 4.74 Å². The van der Waals surface area contributed by atoms with E-state index in [2.05, 4.69) is 138 Å². The molecule has 8 aromatic carbocycles. The number of fused-ring (bicyclic) bond motifs is 2. The molecule has 0 N–H and O–H groups in total. The van der Waals surface area contributed by atoms with E-state index in [0.717, 1.165) is 72.7 Å². The molecule has 0 bridgehead atoms. The number of aromatic nitrogens is 3. The summed E-state index contributed by atoms with van der Waals surface area (Å²) in [5.74, 6) is 3.26. The molecule has 1 aliphatic heterocycles. The normalized spacial score (nSPS) is 12.4. The van der Waals surface area contributed by atoms with Crippen molar-refractivity contribution in [3.8, 4) is 67.9 Å². The van der Waals surface area contributed by atoms with Crippen molar-refractivity contribution >= 4 is 5.69 Å². The second-order valence-electron chi connectivity index (χ2n) is 14.3. The molecule has 9 aromatic rings. The number of hydrogen-bond donors (Lipinski definition) is 0. The van der Waals surface area contributed by atoms with Gasteiger partial charge in [0.15, 0.2) is 23.2 Å². The zero-order valence-corrected chi connectivity index (χ0v) is 31.3. The second kappa shape index (κ2) is 14.6. The molecule has 5 nitrogen and oxygen atoms in total. The Balaban J connectivity index is 1.15. The lowest BCUT2D eigenvalue weighted by Crippen LogP contribution is -2.34. The molecular formula is C53H34N4O. The minimum absolute atomic E-state index is 0.527. The molecule has 0 saturated heterocycles. The highest BCUT2D eigenvalue weighted by Gasteiger charge is 2.45. The van der Waals surface area contributed by atoms with E-state index in [-0.39, 0.29) is 0 Å². The lowest BCUT2D eigenvalue weighted by molar-refractivity contribution is 0.436. The van der Waals surface area contributed by atoms with E-state index < -0.39 is 5.41 Å². The molecule has 0 amide bonds. The molecule has 2 heterocycles. The highest BCUT2D eigenvalue weighted by atomic mass is 16.5. The van der Waals surface area contributed by atoms with Crippen LogP contribution in [0.3, 0.4) is 0 Å². The first kappa shape index (κ1) is 34.5. The summed E-state index contributed by atoms with van der Waals surface area (Å²) in [6.07, 6.45) is 0. The molecule has 5 heteroatoms. The van der Waals surface area contributed by atoms with Crippen molar-refractivity contribution in [3.05, 3.63) is 240 Å². The third kappa shape index (κ3) is 6.01. The highest BCUT2D eigenvalue weighted by molar-refractivity contribution is 5.82. The number of nitrogens with zero attached hydrogens (tertiary/aromatic N) is 4. The molecule has 1 aromatic heterocycles. The van der Waals surface area contributed by atoms with Crippen molar-refractivity contribution in [2.24, 2.45) is 0 Å². The fraction of sp³-hybridized carbons (Fsp3) is 0.0189. The van der Waals surface area contributed by atoms with Crippen LogP contribution in [0.4, 0.5) is 5.69 Å². The highest BCUT2D eigenvalue weighted by Crippen LogP contribution is 2.57. The minimum Gasteiger partial charge on any atom is -0.456 e. The predicted octanol–water partition coefficient (Wildman–Crippen LogP) is 13.2. The average molecular weight is 743 g/mol. The summed E-state index contributed by atoms with van der Waals surface area (Å²) in [6, 6.07) is 70.6. The van der Waals surface area contributed by atoms with Crippen LogP contribution in [0, 0.1) is 6.57 Å². The number of hydrogen-bond acceptors (Lipinski definition) is 4. The summed E-state index contributed by atoms with van der Waals surface area (Å²) in [4.78, 5) is 18.8. The summed E-state index contributed by atoms with van der Waals surface area (Å²) in [5, 5.41) is 0. The van der Waals surface area contributed by atoms with Gasteiger partial charge in [-0.05, 0) is 46.0 Å². The molecule has 10 rings (SSSR count). The van der Waals surface area contributed by atoms with E-state index in [1.807, 2.05) is 60.7 Å². The molecule has 0 saturated carbocycles. The van der Waals surface area contributed by atoms with Gasteiger partial charge in [0.05, 0.1) is 12.0 Å². The monoisotopic (exact) mass is 742 g/mol. The Morgan fingerprint density at radius 1 is 0.397 bits per heavy atom. The number of rotatable bonds is 7. The van der Waals surface area contributed by atoms with Gasteiger partial charge >= 0.3 is 0 Å². The van der Waals surface area contributed by atoms with Crippen molar-refractivity contribution in [1.29, 1.82) is 0 Å². The van der Waals surface area contributed by atoms with Crippen LogP contribution in [0.25, 0.3) is 61.3 Å². The molecule has 58 heavy (non-hydrogen) atoms. The lowest BCUT2D eigenvalue weighted by Gasteiger charge is -2.42. The van der Waals surface area contributed by atoms with Crippen molar-refractivity contribution in [1.82, 2.24) is 15.0 Å². The summed E-state index contributed by atoms with van der Waals surface area (Å²) >= 11 is 0. The van der Waals surface area contributed by atoms with Crippen LogP contribution < -0.4 is 4.74 Å².